The molecule has 0 aliphatic carbocycles. The summed E-state index contributed by atoms with van der Waals surface area (Å²) >= 11 is 0. The molecular weight excluding hydrogens is 989 g/mol. The maximum atomic E-state index is 10.6. The van der Waals surface area contributed by atoms with Gasteiger partial charge in [-0.2, -0.15) is 15.8 Å². The molecule has 0 fully saturated rings. The molecule has 2 aromatic heterocycles. The minimum Gasteiger partial charge on any atom is -0.310 e. The molecule has 0 bridgehead atoms. The fourth-order valence-corrected chi connectivity index (χ4v) is 10.8. The maximum absolute atomic E-state index is 10.6. The van der Waals surface area contributed by atoms with Gasteiger partial charge >= 0.3 is 0 Å². The highest BCUT2D eigenvalue weighted by Gasteiger charge is 2.21. The highest BCUT2D eigenvalue weighted by Crippen LogP contribution is 2.43. The number of fused-ring (bicyclic) bond motifs is 3. The first-order valence-corrected chi connectivity index (χ1v) is 26.5. The second kappa shape index (κ2) is 21.4. The van der Waals surface area contributed by atoms with Crippen LogP contribution in [0.4, 0.5) is 34.1 Å². The van der Waals surface area contributed by atoms with Crippen molar-refractivity contribution in [2.75, 3.05) is 9.80 Å². The SMILES string of the molecule is N#Cc1cccc(-c2cc(-c3ccc(-c4ccc(-c5ccc(-n6c7ccc(N(c8ccccc8)c8ccccc8)cc7c7cc(N(c8ccccc8)c8ccccc8)ccc76)cc5)cc4)cc3C#N)nc(-c3cccc(C#N)c3)n2)c1. The summed E-state index contributed by atoms with van der Waals surface area (Å²) in [5, 5.41) is 32.2. The van der Waals surface area contributed by atoms with E-state index in [1.54, 1.807) is 30.3 Å². The fraction of sp³-hybridized carbons (Fsp3) is 0. The summed E-state index contributed by atoms with van der Waals surface area (Å²) in [6, 6.07) is 102. The molecule has 0 aliphatic rings. The van der Waals surface area contributed by atoms with Gasteiger partial charge in [-0.1, -0.05) is 146 Å². The number of rotatable bonds is 12. The van der Waals surface area contributed by atoms with Crippen molar-refractivity contribution in [3.8, 4) is 80.1 Å². The summed E-state index contributed by atoms with van der Waals surface area (Å²) in [5.74, 6) is 0.404. The second-order valence-corrected chi connectivity index (χ2v) is 19.6. The summed E-state index contributed by atoms with van der Waals surface area (Å²) in [6.07, 6.45) is 0. The Morgan fingerprint density at radius 3 is 1.22 bits per heavy atom. The van der Waals surface area contributed by atoms with E-state index < -0.39 is 0 Å². The predicted octanol–water partition coefficient (Wildman–Crippen LogP) is 18.5. The largest absolute Gasteiger partial charge is 0.310 e. The molecule has 13 rings (SSSR count). The summed E-state index contributed by atoms with van der Waals surface area (Å²) in [5.41, 5.74) is 18.2. The molecule has 11 aromatic carbocycles. The lowest BCUT2D eigenvalue weighted by Gasteiger charge is -2.26. The molecule has 0 spiro atoms. The van der Waals surface area contributed by atoms with E-state index in [9.17, 15) is 15.8 Å². The molecule has 0 amide bonds. The average molecular weight is 1040 g/mol. The molecule has 0 N–H and O–H groups in total. The van der Waals surface area contributed by atoms with Crippen molar-refractivity contribution in [3.63, 3.8) is 0 Å². The molecule has 2 heterocycles. The molecule has 0 aliphatic heterocycles. The van der Waals surface area contributed by atoms with E-state index in [-0.39, 0.29) is 0 Å². The zero-order valence-corrected chi connectivity index (χ0v) is 43.6. The molecular formula is C73H46N8. The number of nitrogens with zero attached hydrogens (tertiary/aromatic N) is 8. The van der Waals surface area contributed by atoms with E-state index in [1.165, 1.54) is 0 Å². The molecule has 8 heteroatoms. The van der Waals surface area contributed by atoms with E-state index in [0.29, 0.717) is 45.0 Å². The third kappa shape index (κ3) is 9.57. The third-order valence-electron chi connectivity index (χ3n) is 14.7. The summed E-state index contributed by atoms with van der Waals surface area (Å²) in [6.45, 7) is 0. The molecule has 8 nitrogen and oxygen atoms in total. The highest BCUT2D eigenvalue weighted by atomic mass is 15.1. The van der Waals surface area contributed by atoms with Crippen LogP contribution in [0.5, 0.6) is 0 Å². The lowest BCUT2D eigenvalue weighted by atomic mass is 9.95. The Labute approximate surface area is 469 Å². The second-order valence-electron chi connectivity index (χ2n) is 19.6. The van der Waals surface area contributed by atoms with Gasteiger partial charge < -0.3 is 14.4 Å². The normalized spacial score (nSPS) is 10.9. The lowest BCUT2D eigenvalue weighted by molar-refractivity contribution is 1.18. The molecule has 81 heavy (non-hydrogen) atoms. The number of para-hydroxylation sites is 4. The Kier molecular flexibility index (Phi) is 12.9. The van der Waals surface area contributed by atoms with Gasteiger partial charge in [0.2, 0.25) is 0 Å². The lowest BCUT2D eigenvalue weighted by Crippen LogP contribution is -2.09. The fourth-order valence-electron chi connectivity index (χ4n) is 10.8. The smallest absolute Gasteiger partial charge is 0.160 e. The Morgan fingerprint density at radius 2 is 0.741 bits per heavy atom. The van der Waals surface area contributed by atoms with Crippen molar-refractivity contribution in [2.45, 2.75) is 0 Å². The van der Waals surface area contributed by atoms with Crippen LogP contribution in [0.15, 0.2) is 279 Å². The molecule has 0 saturated carbocycles. The number of hydrogen-bond donors (Lipinski definition) is 0. The van der Waals surface area contributed by atoms with Crippen molar-refractivity contribution in [3.05, 3.63) is 296 Å². The van der Waals surface area contributed by atoms with Gasteiger partial charge in [0.05, 0.1) is 57.3 Å². The molecule has 0 unspecified atom stereocenters. The zero-order chi connectivity index (χ0) is 54.7. The third-order valence-corrected chi connectivity index (χ3v) is 14.7. The van der Waals surface area contributed by atoms with Gasteiger partial charge in [-0.05, 0) is 156 Å². The van der Waals surface area contributed by atoms with Crippen LogP contribution in [0.2, 0.25) is 0 Å². The summed E-state index contributed by atoms with van der Waals surface area (Å²) in [4.78, 5) is 14.5. The monoisotopic (exact) mass is 1030 g/mol. The Morgan fingerprint density at radius 1 is 0.309 bits per heavy atom. The van der Waals surface area contributed by atoms with Crippen LogP contribution < -0.4 is 9.80 Å². The molecule has 378 valence electrons. The van der Waals surface area contributed by atoms with Crippen LogP contribution in [0.3, 0.4) is 0 Å². The van der Waals surface area contributed by atoms with Crippen molar-refractivity contribution in [1.29, 1.82) is 15.8 Å². The van der Waals surface area contributed by atoms with Crippen LogP contribution in [-0.4, -0.2) is 14.5 Å². The van der Waals surface area contributed by atoms with Gasteiger partial charge in [0.1, 0.15) is 0 Å². The van der Waals surface area contributed by atoms with Gasteiger partial charge in [-0.3, -0.25) is 0 Å². The first-order chi connectivity index (χ1) is 40.0. The molecule has 0 saturated heterocycles. The summed E-state index contributed by atoms with van der Waals surface area (Å²) in [7, 11) is 0. The zero-order valence-electron chi connectivity index (χ0n) is 43.6. The van der Waals surface area contributed by atoms with Crippen molar-refractivity contribution in [1.82, 2.24) is 14.5 Å². The van der Waals surface area contributed by atoms with E-state index in [2.05, 4.69) is 239 Å². The van der Waals surface area contributed by atoms with Gasteiger partial charge in [0, 0.05) is 67.3 Å². The number of anilines is 6. The van der Waals surface area contributed by atoms with Crippen molar-refractivity contribution < 1.29 is 0 Å². The number of nitriles is 3. The van der Waals surface area contributed by atoms with Gasteiger partial charge in [0.15, 0.2) is 5.82 Å². The van der Waals surface area contributed by atoms with Gasteiger partial charge in [-0.15, -0.1) is 0 Å². The number of benzene rings is 11. The minimum absolute atomic E-state index is 0.404. The average Bonchev–Trinajstić information content (AvgIpc) is 3.96. The number of aromatic nitrogens is 3. The topological polar surface area (TPSA) is 109 Å². The van der Waals surface area contributed by atoms with Crippen LogP contribution >= 0.6 is 0 Å². The first kappa shape index (κ1) is 49.0. The van der Waals surface area contributed by atoms with E-state index in [0.717, 1.165) is 89.4 Å². The van der Waals surface area contributed by atoms with Crippen molar-refractivity contribution >= 4 is 55.9 Å². The van der Waals surface area contributed by atoms with E-state index in [4.69, 9.17) is 9.97 Å². The molecule has 0 atom stereocenters. The van der Waals surface area contributed by atoms with E-state index in [1.807, 2.05) is 42.5 Å². The quantitative estimate of drug-likeness (QED) is 0.120. The van der Waals surface area contributed by atoms with Crippen LogP contribution in [-0.2, 0) is 0 Å². The van der Waals surface area contributed by atoms with Gasteiger partial charge in [-0.25, -0.2) is 9.97 Å². The highest BCUT2D eigenvalue weighted by molar-refractivity contribution is 6.12. The standard InChI is InChI=1S/C73H46N8/c74-47-50-15-13-17-56(41-50)69-46-70(78-73(77-69)57-18-14-16-51(42-57)48-75)66-38-33-55(43-58(66)49-76)54-29-27-52(28-30-54)53-31-34-63(35-32-53)81-71-39-36-64(79(59-19-5-1-6-20-59)60-21-7-2-8-22-60)44-67(71)68-45-65(37-40-72(68)81)80(61-23-9-3-10-24-61)62-25-11-4-12-26-62/h1-46H. The molecule has 0 radical (unpaired) electrons. The van der Waals surface area contributed by atoms with E-state index >= 15 is 0 Å². The Hall–Kier alpha value is -11.6. The Bertz CT molecular complexity index is 4300. The summed E-state index contributed by atoms with van der Waals surface area (Å²) < 4.78 is 2.37. The predicted molar refractivity (Wildman–Crippen MR) is 327 cm³/mol. The number of hydrogen-bond acceptors (Lipinski definition) is 7. The van der Waals surface area contributed by atoms with Crippen LogP contribution in [0.25, 0.3) is 83.6 Å². The van der Waals surface area contributed by atoms with Gasteiger partial charge in [0.25, 0.3) is 0 Å². The van der Waals surface area contributed by atoms with Crippen molar-refractivity contribution in [2.24, 2.45) is 0 Å². The van der Waals surface area contributed by atoms with Crippen LogP contribution in [0, 0.1) is 34.0 Å². The molecule has 13 aromatic rings. The minimum atomic E-state index is 0.404. The van der Waals surface area contributed by atoms with Crippen LogP contribution in [0.1, 0.15) is 16.7 Å². The maximum Gasteiger partial charge on any atom is 0.160 e. The Balaban J connectivity index is 0.854. The first-order valence-electron chi connectivity index (χ1n) is 26.5.